The van der Waals surface area contributed by atoms with Crippen LogP contribution in [0.25, 0.3) is 11.2 Å². The highest BCUT2D eigenvalue weighted by atomic mass is 35.5. The summed E-state index contributed by atoms with van der Waals surface area (Å²) in [7, 11) is 0. The number of halogens is 2. The number of benzene rings is 1. The maximum atomic E-state index is 12.4. The Kier molecular flexibility index (Phi) is 4.48. The van der Waals surface area contributed by atoms with Crippen molar-refractivity contribution in [1.29, 1.82) is 0 Å². The molecule has 3 heterocycles. The van der Waals surface area contributed by atoms with Crippen LogP contribution in [0.5, 0.6) is 0 Å². The van der Waals surface area contributed by atoms with Crippen LogP contribution in [0.1, 0.15) is 12.1 Å². The number of hydrogen-bond donors (Lipinski definition) is 1. The molecule has 0 aliphatic carbocycles. The highest BCUT2D eigenvalue weighted by Gasteiger charge is 2.19. The van der Waals surface area contributed by atoms with Gasteiger partial charge in [-0.3, -0.25) is 0 Å². The molecular formula is C17H14Cl2N6O. The SMILES string of the molecule is O=C(Nc1ccc(Cl)c(Cl)c1)N1CC=C(c2ccc3nncn3n2)CC1. The van der Waals surface area contributed by atoms with Gasteiger partial charge in [-0.1, -0.05) is 29.3 Å². The van der Waals surface area contributed by atoms with Crippen LogP contribution in [0, 0.1) is 0 Å². The topological polar surface area (TPSA) is 75.4 Å². The highest BCUT2D eigenvalue weighted by molar-refractivity contribution is 6.42. The van der Waals surface area contributed by atoms with Gasteiger partial charge in [-0.2, -0.15) is 9.61 Å². The first-order valence-electron chi connectivity index (χ1n) is 7.97. The third-order valence-corrected chi connectivity index (χ3v) is 4.90. The number of urea groups is 1. The van der Waals surface area contributed by atoms with Crippen molar-refractivity contribution in [2.75, 3.05) is 18.4 Å². The predicted molar refractivity (Wildman–Crippen MR) is 100 cm³/mol. The minimum absolute atomic E-state index is 0.180. The molecule has 1 aliphatic heterocycles. The van der Waals surface area contributed by atoms with Crippen molar-refractivity contribution in [2.45, 2.75) is 6.42 Å². The summed E-state index contributed by atoms with van der Waals surface area (Å²) >= 11 is 11.9. The van der Waals surface area contributed by atoms with Crippen molar-refractivity contribution in [2.24, 2.45) is 0 Å². The second-order valence-corrected chi connectivity index (χ2v) is 6.65. The first kappa shape index (κ1) is 16.8. The summed E-state index contributed by atoms with van der Waals surface area (Å²) in [5.74, 6) is 0. The molecule has 7 nitrogen and oxygen atoms in total. The molecule has 4 rings (SSSR count). The summed E-state index contributed by atoms with van der Waals surface area (Å²) in [6, 6.07) is 8.61. The smallest absolute Gasteiger partial charge is 0.320 e. The van der Waals surface area contributed by atoms with Gasteiger partial charge in [-0.15, -0.1) is 10.2 Å². The van der Waals surface area contributed by atoms with E-state index in [1.165, 1.54) is 0 Å². The Bertz CT molecular complexity index is 1020. The molecule has 0 atom stereocenters. The van der Waals surface area contributed by atoms with Crippen LogP contribution in [0.15, 0.2) is 42.7 Å². The Balaban J connectivity index is 1.44. The van der Waals surface area contributed by atoms with Crippen molar-refractivity contribution >= 4 is 46.1 Å². The average Bonchev–Trinajstić information content (AvgIpc) is 3.12. The van der Waals surface area contributed by atoms with Gasteiger partial charge in [0, 0.05) is 18.8 Å². The van der Waals surface area contributed by atoms with Crippen LogP contribution in [-0.2, 0) is 0 Å². The molecule has 3 aromatic rings. The van der Waals surface area contributed by atoms with E-state index in [2.05, 4.69) is 20.6 Å². The zero-order chi connectivity index (χ0) is 18.1. The van der Waals surface area contributed by atoms with Crippen molar-refractivity contribution in [3.05, 3.63) is 58.5 Å². The van der Waals surface area contributed by atoms with Crippen LogP contribution < -0.4 is 5.32 Å². The van der Waals surface area contributed by atoms with Crippen LogP contribution >= 0.6 is 23.2 Å². The molecule has 132 valence electrons. The largest absolute Gasteiger partial charge is 0.322 e. The lowest BCUT2D eigenvalue weighted by Crippen LogP contribution is -2.38. The maximum Gasteiger partial charge on any atom is 0.322 e. The monoisotopic (exact) mass is 388 g/mol. The summed E-state index contributed by atoms with van der Waals surface area (Å²) in [4.78, 5) is 14.1. The fraction of sp³-hybridized carbons (Fsp3) is 0.176. The van der Waals surface area contributed by atoms with Gasteiger partial charge in [0.25, 0.3) is 0 Å². The van der Waals surface area contributed by atoms with Crippen molar-refractivity contribution in [3.63, 3.8) is 0 Å². The quantitative estimate of drug-likeness (QED) is 0.724. The van der Waals surface area contributed by atoms with Gasteiger partial charge in [0.1, 0.15) is 6.33 Å². The van der Waals surface area contributed by atoms with Gasteiger partial charge in [-0.25, -0.2) is 4.79 Å². The fourth-order valence-corrected chi connectivity index (χ4v) is 3.06. The molecule has 0 fully saturated rings. The summed E-state index contributed by atoms with van der Waals surface area (Å²) in [6.07, 6.45) is 4.30. The molecule has 0 radical (unpaired) electrons. The summed E-state index contributed by atoms with van der Waals surface area (Å²) in [5, 5.41) is 16.0. The number of rotatable bonds is 2. The zero-order valence-corrected chi connectivity index (χ0v) is 15.1. The van der Waals surface area contributed by atoms with E-state index in [0.717, 1.165) is 17.7 Å². The average molecular weight is 389 g/mol. The molecule has 0 unspecified atom stereocenters. The number of hydrogen-bond acceptors (Lipinski definition) is 4. The number of anilines is 1. The molecule has 0 bridgehead atoms. The Morgan fingerprint density at radius 3 is 2.81 bits per heavy atom. The van der Waals surface area contributed by atoms with Gasteiger partial charge in [0.15, 0.2) is 5.65 Å². The number of carbonyl (C=O) groups excluding carboxylic acids is 1. The van der Waals surface area contributed by atoms with Gasteiger partial charge < -0.3 is 10.2 Å². The lowest BCUT2D eigenvalue weighted by Gasteiger charge is -2.26. The molecule has 1 N–H and O–H groups in total. The van der Waals surface area contributed by atoms with E-state index >= 15 is 0 Å². The Hall–Kier alpha value is -2.64. The first-order valence-corrected chi connectivity index (χ1v) is 8.73. The van der Waals surface area contributed by atoms with Gasteiger partial charge in [0.2, 0.25) is 0 Å². The molecule has 9 heteroatoms. The Labute approximate surface area is 159 Å². The minimum Gasteiger partial charge on any atom is -0.320 e. The highest BCUT2D eigenvalue weighted by Crippen LogP contribution is 2.26. The van der Waals surface area contributed by atoms with Crippen LogP contribution in [-0.4, -0.2) is 43.8 Å². The molecule has 0 spiro atoms. The van der Waals surface area contributed by atoms with E-state index in [1.807, 2.05) is 18.2 Å². The van der Waals surface area contributed by atoms with Crippen LogP contribution in [0.4, 0.5) is 10.5 Å². The second kappa shape index (κ2) is 6.93. The lowest BCUT2D eigenvalue weighted by atomic mass is 10.0. The van der Waals surface area contributed by atoms with Crippen molar-refractivity contribution in [3.8, 4) is 0 Å². The van der Waals surface area contributed by atoms with Gasteiger partial charge in [0.05, 0.1) is 15.7 Å². The number of nitrogens with zero attached hydrogens (tertiary/aromatic N) is 5. The standard InChI is InChI=1S/C17H14Cl2N6O/c18-13-2-1-12(9-14(13)19)21-17(26)24-7-5-11(6-8-24)15-3-4-16-22-20-10-25(16)23-15/h1-5,9-10H,6-8H2,(H,21,26). The van der Waals surface area contributed by atoms with Crippen LogP contribution in [0.3, 0.4) is 0 Å². The van der Waals surface area contributed by atoms with Crippen molar-refractivity contribution in [1.82, 2.24) is 24.7 Å². The molecular weight excluding hydrogens is 375 g/mol. The lowest BCUT2D eigenvalue weighted by molar-refractivity contribution is 0.217. The van der Waals surface area contributed by atoms with Gasteiger partial charge in [-0.05, 0) is 42.3 Å². The molecule has 2 aromatic heterocycles. The number of fused-ring (bicyclic) bond motifs is 1. The Morgan fingerprint density at radius 1 is 1.15 bits per heavy atom. The molecule has 1 aliphatic rings. The third-order valence-electron chi connectivity index (χ3n) is 4.16. The van der Waals surface area contributed by atoms with E-state index in [9.17, 15) is 4.79 Å². The molecule has 0 saturated heterocycles. The third kappa shape index (κ3) is 3.36. The number of amides is 2. The van der Waals surface area contributed by atoms with Gasteiger partial charge >= 0.3 is 6.03 Å². The van der Waals surface area contributed by atoms with E-state index in [0.29, 0.717) is 34.5 Å². The molecule has 0 saturated carbocycles. The molecule has 1 aromatic carbocycles. The van der Waals surface area contributed by atoms with E-state index in [-0.39, 0.29) is 6.03 Å². The van der Waals surface area contributed by atoms with E-state index < -0.39 is 0 Å². The fourth-order valence-electron chi connectivity index (χ4n) is 2.76. The second-order valence-electron chi connectivity index (χ2n) is 5.84. The van der Waals surface area contributed by atoms with Crippen molar-refractivity contribution < 1.29 is 4.79 Å². The summed E-state index contributed by atoms with van der Waals surface area (Å²) in [6.45, 7) is 1.10. The minimum atomic E-state index is -0.180. The number of aromatic nitrogens is 4. The first-order chi connectivity index (χ1) is 12.6. The zero-order valence-electron chi connectivity index (χ0n) is 13.6. The molecule has 2 amide bonds. The predicted octanol–water partition coefficient (Wildman–Crippen LogP) is 3.75. The van der Waals surface area contributed by atoms with Crippen LogP contribution in [0.2, 0.25) is 10.0 Å². The molecule has 26 heavy (non-hydrogen) atoms. The summed E-state index contributed by atoms with van der Waals surface area (Å²) < 4.78 is 1.64. The Morgan fingerprint density at radius 2 is 2.04 bits per heavy atom. The summed E-state index contributed by atoms with van der Waals surface area (Å²) in [5.41, 5.74) is 3.27. The maximum absolute atomic E-state index is 12.4. The normalized spacial score (nSPS) is 14.4. The number of nitrogens with one attached hydrogen (secondary N) is 1. The van der Waals surface area contributed by atoms with E-state index in [1.54, 1.807) is 33.9 Å². The van der Waals surface area contributed by atoms with E-state index in [4.69, 9.17) is 23.2 Å². The number of carbonyl (C=O) groups is 1.